The Morgan fingerprint density at radius 1 is 1.17 bits per heavy atom. The number of para-hydroxylation sites is 1. The molecule has 0 aliphatic heterocycles. The molecule has 23 heavy (non-hydrogen) atoms. The number of methoxy groups -OCH3 is 1. The lowest BCUT2D eigenvalue weighted by molar-refractivity contribution is 0.101. The molecule has 0 saturated carbocycles. The average molecular weight is 306 g/mol. The highest BCUT2D eigenvalue weighted by Gasteiger charge is 2.10. The van der Waals surface area contributed by atoms with Gasteiger partial charge in [-0.25, -0.2) is 4.98 Å². The van der Waals surface area contributed by atoms with Gasteiger partial charge >= 0.3 is 0 Å². The first-order chi connectivity index (χ1) is 11.2. The number of hydrogen-bond donors (Lipinski definition) is 0. The number of rotatable bonds is 5. The summed E-state index contributed by atoms with van der Waals surface area (Å²) in [5.41, 5.74) is 2.70. The fourth-order valence-electron chi connectivity index (χ4n) is 2.59. The van der Waals surface area contributed by atoms with Crippen LogP contribution >= 0.6 is 0 Å². The van der Waals surface area contributed by atoms with Crippen molar-refractivity contribution in [2.75, 3.05) is 7.11 Å². The molecule has 0 aliphatic rings. The normalized spacial score (nSPS) is 10.5. The molecule has 1 heterocycles. The molecular formula is C19H18N2O2. The summed E-state index contributed by atoms with van der Waals surface area (Å²) in [4.78, 5) is 16.0. The third-order valence-corrected chi connectivity index (χ3v) is 3.78. The molecule has 0 radical (unpaired) electrons. The fourth-order valence-corrected chi connectivity index (χ4v) is 2.59. The van der Waals surface area contributed by atoms with Crippen LogP contribution in [0.15, 0.2) is 60.9 Å². The number of carbonyl (C=O) groups excluding carboxylic acids is 1. The fraction of sp³-hybridized carbons (Fsp3) is 0.158. The Morgan fingerprint density at radius 3 is 2.78 bits per heavy atom. The molecule has 0 atom stereocenters. The lowest BCUT2D eigenvalue weighted by Gasteiger charge is -2.12. The first-order valence-electron chi connectivity index (χ1n) is 7.43. The summed E-state index contributed by atoms with van der Waals surface area (Å²) in [6, 6.07) is 15.5. The zero-order valence-corrected chi connectivity index (χ0v) is 13.2. The monoisotopic (exact) mass is 306 g/mol. The van der Waals surface area contributed by atoms with Crippen LogP contribution in [0.5, 0.6) is 5.75 Å². The molecule has 0 unspecified atom stereocenters. The molecule has 0 amide bonds. The Labute approximate surface area is 135 Å². The minimum absolute atomic E-state index is 0.0506. The maximum atomic E-state index is 11.6. The zero-order chi connectivity index (χ0) is 16.2. The van der Waals surface area contributed by atoms with E-state index >= 15 is 0 Å². The molecule has 1 aromatic heterocycles. The number of imidazole rings is 1. The Balaban J connectivity index is 1.97. The molecule has 0 N–H and O–H groups in total. The maximum absolute atomic E-state index is 11.6. The SMILES string of the molecule is COc1ccccc1Cn1ccnc1-c1cccc(C(C)=O)c1. The molecule has 4 nitrogen and oxygen atoms in total. The lowest BCUT2D eigenvalue weighted by Crippen LogP contribution is -2.03. The van der Waals surface area contributed by atoms with Crippen molar-refractivity contribution in [1.29, 1.82) is 0 Å². The predicted molar refractivity (Wildman–Crippen MR) is 89.8 cm³/mol. The van der Waals surface area contributed by atoms with Crippen LogP contribution in [-0.4, -0.2) is 22.4 Å². The molecule has 0 saturated heterocycles. The highest BCUT2D eigenvalue weighted by Crippen LogP contribution is 2.23. The summed E-state index contributed by atoms with van der Waals surface area (Å²) in [5.74, 6) is 1.73. The third-order valence-electron chi connectivity index (χ3n) is 3.78. The quantitative estimate of drug-likeness (QED) is 0.673. The third kappa shape index (κ3) is 3.16. The van der Waals surface area contributed by atoms with Crippen LogP contribution in [0.3, 0.4) is 0 Å². The average Bonchev–Trinajstić information content (AvgIpc) is 3.03. The number of ether oxygens (including phenoxy) is 1. The first-order valence-corrected chi connectivity index (χ1v) is 7.43. The summed E-state index contributed by atoms with van der Waals surface area (Å²) >= 11 is 0. The van der Waals surface area contributed by atoms with Crippen LogP contribution in [0.1, 0.15) is 22.8 Å². The topological polar surface area (TPSA) is 44.1 Å². The number of nitrogens with zero attached hydrogens (tertiary/aromatic N) is 2. The van der Waals surface area contributed by atoms with Gasteiger partial charge in [0, 0.05) is 29.1 Å². The van der Waals surface area contributed by atoms with Gasteiger partial charge < -0.3 is 9.30 Å². The van der Waals surface area contributed by atoms with Crippen LogP contribution in [0.2, 0.25) is 0 Å². The van der Waals surface area contributed by atoms with E-state index in [-0.39, 0.29) is 5.78 Å². The second kappa shape index (κ2) is 6.48. The second-order valence-corrected chi connectivity index (χ2v) is 5.33. The highest BCUT2D eigenvalue weighted by molar-refractivity contribution is 5.95. The number of Topliss-reactive ketones (excluding diaryl/α,β-unsaturated/α-hetero) is 1. The van der Waals surface area contributed by atoms with Crippen LogP contribution < -0.4 is 4.74 Å². The van der Waals surface area contributed by atoms with Crippen molar-refractivity contribution < 1.29 is 9.53 Å². The molecule has 2 aromatic carbocycles. The number of hydrogen-bond acceptors (Lipinski definition) is 3. The summed E-state index contributed by atoms with van der Waals surface area (Å²) in [6.07, 6.45) is 3.70. The number of carbonyl (C=O) groups is 1. The second-order valence-electron chi connectivity index (χ2n) is 5.33. The van der Waals surface area contributed by atoms with Gasteiger partial charge in [-0.05, 0) is 19.1 Å². The number of ketones is 1. The Kier molecular flexibility index (Phi) is 4.24. The summed E-state index contributed by atoms with van der Waals surface area (Å²) in [5, 5.41) is 0. The number of aromatic nitrogens is 2. The van der Waals surface area contributed by atoms with Gasteiger partial charge in [0.15, 0.2) is 5.78 Å². The molecule has 116 valence electrons. The minimum Gasteiger partial charge on any atom is -0.496 e. The van der Waals surface area contributed by atoms with Crippen molar-refractivity contribution in [3.05, 3.63) is 72.1 Å². The van der Waals surface area contributed by atoms with Gasteiger partial charge in [-0.3, -0.25) is 4.79 Å². The highest BCUT2D eigenvalue weighted by atomic mass is 16.5. The van der Waals surface area contributed by atoms with Gasteiger partial charge in [0.2, 0.25) is 0 Å². The zero-order valence-electron chi connectivity index (χ0n) is 13.2. The van der Waals surface area contributed by atoms with E-state index in [4.69, 9.17) is 4.74 Å². The van der Waals surface area contributed by atoms with E-state index in [0.29, 0.717) is 12.1 Å². The van der Waals surface area contributed by atoms with Crippen molar-refractivity contribution in [3.8, 4) is 17.1 Å². The van der Waals surface area contributed by atoms with Gasteiger partial charge in [0.25, 0.3) is 0 Å². The Morgan fingerprint density at radius 2 is 2.00 bits per heavy atom. The molecular weight excluding hydrogens is 288 g/mol. The van der Waals surface area contributed by atoms with Gasteiger partial charge in [-0.15, -0.1) is 0 Å². The van der Waals surface area contributed by atoms with Crippen molar-refractivity contribution in [1.82, 2.24) is 9.55 Å². The van der Waals surface area contributed by atoms with Crippen molar-refractivity contribution in [2.24, 2.45) is 0 Å². The van der Waals surface area contributed by atoms with Crippen LogP contribution in [0, 0.1) is 0 Å². The van der Waals surface area contributed by atoms with E-state index in [9.17, 15) is 4.79 Å². The van der Waals surface area contributed by atoms with Gasteiger partial charge in [-0.1, -0.05) is 36.4 Å². The molecule has 3 aromatic rings. The minimum atomic E-state index is 0.0506. The van der Waals surface area contributed by atoms with Crippen molar-refractivity contribution in [3.63, 3.8) is 0 Å². The summed E-state index contributed by atoms with van der Waals surface area (Å²) in [7, 11) is 1.67. The molecule has 0 fully saturated rings. The maximum Gasteiger partial charge on any atom is 0.159 e. The van der Waals surface area contributed by atoms with Crippen molar-refractivity contribution >= 4 is 5.78 Å². The van der Waals surface area contributed by atoms with Gasteiger partial charge in [0.1, 0.15) is 11.6 Å². The first kappa shape index (κ1) is 15.0. The molecule has 0 spiro atoms. The molecule has 3 rings (SSSR count). The van der Waals surface area contributed by atoms with E-state index in [0.717, 1.165) is 22.7 Å². The lowest BCUT2D eigenvalue weighted by atomic mass is 10.1. The standard InChI is InChI=1S/C19H18N2O2/c1-14(22)15-7-5-8-16(12-15)19-20-10-11-21(19)13-17-6-3-4-9-18(17)23-2/h3-12H,13H2,1-2H3. The van der Waals surface area contributed by atoms with E-state index in [1.54, 1.807) is 20.2 Å². The number of benzene rings is 2. The largest absolute Gasteiger partial charge is 0.496 e. The molecule has 0 aliphatic carbocycles. The van der Waals surface area contributed by atoms with Gasteiger partial charge in [-0.2, -0.15) is 0 Å². The van der Waals surface area contributed by atoms with Gasteiger partial charge in [0.05, 0.1) is 13.7 Å². The molecule has 0 bridgehead atoms. The summed E-state index contributed by atoms with van der Waals surface area (Å²) in [6.45, 7) is 2.23. The molecule has 4 heteroatoms. The predicted octanol–water partition coefficient (Wildman–Crippen LogP) is 3.81. The smallest absolute Gasteiger partial charge is 0.159 e. The van der Waals surface area contributed by atoms with E-state index in [2.05, 4.69) is 9.55 Å². The van der Waals surface area contributed by atoms with Crippen LogP contribution in [0.25, 0.3) is 11.4 Å². The van der Waals surface area contributed by atoms with E-state index in [1.165, 1.54) is 0 Å². The van der Waals surface area contributed by atoms with Crippen molar-refractivity contribution in [2.45, 2.75) is 13.5 Å². The van der Waals surface area contributed by atoms with E-state index < -0.39 is 0 Å². The van der Waals surface area contributed by atoms with Crippen LogP contribution in [-0.2, 0) is 6.54 Å². The Hall–Kier alpha value is -2.88. The van der Waals surface area contributed by atoms with E-state index in [1.807, 2.05) is 54.7 Å². The Bertz CT molecular complexity index is 837. The summed E-state index contributed by atoms with van der Waals surface area (Å²) < 4.78 is 7.46. The van der Waals surface area contributed by atoms with Crippen LogP contribution in [0.4, 0.5) is 0 Å².